The van der Waals surface area contributed by atoms with Crippen molar-refractivity contribution in [3.63, 3.8) is 0 Å². The lowest BCUT2D eigenvalue weighted by Crippen LogP contribution is -2.41. The van der Waals surface area contributed by atoms with Gasteiger partial charge in [0.15, 0.2) is 11.6 Å². The van der Waals surface area contributed by atoms with E-state index >= 15 is 0 Å². The number of aryl methyl sites for hydroxylation is 1. The Hall–Kier alpha value is -2.57. The summed E-state index contributed by atoms with van der Waals surface area (Å²) in [5.41, 5.74) is 0.119. The monoisotopic (exact) mass is 346 g/mol. The van der Waals surface area contributed by atoms with Crippen molar-refractivity contribution in [1.29, 1.82) is 0 Å². The fraction of sp³-hybridized carbons (Fsp3) is 0.389. The largest absolute Gasteiger partial charge is 0.338 e. The number of H-pyrrole nitrogens is 1. The molecule has 2 aromatic rings. The van der Waals surface area contributed by atoms with Gasteiger partial charge in [-0.1, -0.05) is 0 Å². The predicted molar refractivity (Wildman–Crippen MR) is 86.2 cm³/mol. The van der Waals surface area contributed by atoms with E-state index in [0.717, 1.165) is 6.07 Å². The van der Waals surface area contributed by atoms with Gasteiger partial charge in [0.25, 0.3) is 5.56 Å². The molecule has 2 bridgehead atoms. The van der Waals surface area contributed by atoms with Crippen molar-refractivity contribution in [2.45, 2.75) is 32.2 Å². The molecule has 25 heavy (non-hydrogen) atoms. The molecule has 1 saturated carbocycles. The van der Waals surface area contributed by atoms with E-state index in [-0.39, 0.29) is 52.1 Å². The standard InChI is InChI=1S/C18H16F2N2O3/c1-8-11(6-15(24)22-7-9-4-10(22)5-14(9)23)18(25)21-13-3-2-12(19)17(20)16(8)13/h2-3,9-10H,4-7H2,1H3,(H,21,25). The van der Waals surface area contributed by atoms with Crippen molar-refractivity contribution in [3.8, 4) is 0 Å². The number of amides is 1. The number of carbonyl (C=O) groups is 2. The van der Waals surface area contributed by atoms with Gasteiger partial charge in [0.05, 0.1) is 11.9 Å². The fourth-order valence-electron chi connectivity index (χ4n) is 4.05. The minimum absolute atomic E-state index is 0.0134. The molecule has 2 aliphatic rings. The Labute approximate surface area is 141 Å². The van der Waals surface area contributed by atoms with Gasteiger partial charge in [0.1, 0.15) is 5.78 Å². The third-order valence-corrected chi connectivity index (χ3v) is 5.40. The number of fused-ring (bicyclic) bond motifs is 3. The van der Waals surface area contributed by atoms with Gasteiger partial charge in [-0.25, -0.2) is 8.78 Å². The molecular weight excluding hydrogens is 330 g/mol. The van der Waals surface area contributed by atoms with Crippen molar-refractivity contribution in [1.82, 2.24) is 9.88 Å². The Morgan fingerprint density at radius 2 is 2.08 bits per heavy atom. The van der Waals surface area contributed by atoms with Crippen LogP contribution in [0.25, 0.3) is 10.9 Å². The number of pyridine rings is 1. The first-order chi connectivity index (χ1) is 11.9. The first kappa shape index (κ1) is 15.9. The zero-order valence-corrected chi connectivity index (χ0v) is 13.6. The van der Waals surface area contributed by atoms with Gasteiger partial charge in [-0.3, -0.25) is 14.4 Å². The number of aromatic amines is 1. The number of ketones is 1. The summed E-state index contributed by atoms with van der Waals surface area (Å²) in [7, 11) is 0. The van der Waals surface area contributed by atoms with E-state index < -0.39 is 17.2 Å². The zero-order valence-electron chi connectivity index (χ0n) is 13.6. The van der Waals surface area contributed by atoms with Gasteiger partial charge in [-0.15, -0.1) is 0 Å². The van der Waals surface area contributed by atoms with Crippen LogP contribution in [0.4, 0.5) is 8.78 Å². The number of nitrogens with zero attached hydrogens (tertiary/aromatic N) is 1. The molecule has 1 amide bonds. The smallest absolute Gasteiger partial charge is 0.252 e. The third kappa shape index (κ3) is 2.37. The number of aromatic nitrogens is 1. The number of carbonyl (C=O) groups excluding carboxylic acids is 2. The first-order valence-electron chi connectivity index (χ1n) is 8.18. The Morgan fingerprint density at radius 3 is 2.72 bits per heavy atom. The molecule has 2 unspecified atom stereocenters. The Bertz CT molecular complexity index is 982. The van der Waals surface area contributed by atoms with Crippen molar-refractivity contribution < 1.29 is 18.4 Å². The molecule has 130 valence electrons. The molecule has 1 N–H and O–H groups in total. The van der Waals surface area contributed by atoms with Crippen molar-refractivity contribution >= 4 is 22.6 Å². The lowest BCUT2D eigenvalue weighted by molar-refractivity contribution is -0.134. The molecule has 2 fully saturated rings. The molecule has 1 aliphatic carbocycles. The first-order valence-corrected chi connectivity index (χ1v) is 8.18. The summed E-state index contributed by atoms with van der Waals surface area (Å²) in [6.45, 7) is 1.90. The van der Waals surface area contributed by atoms with Gasteiger partial charge in [0.2, 0.25) is 5.91 Å². The van der Waals surface area contributed by atoms with Crippen molar-refractivity contribution in [3.05, 3.63) is 45.2 Å². The van der Waals surface area contributed by atoms with Crippen LogP contribution in [0.5, 0.6) is 0 Å². The van der Waals surface area contributed by atoms with Gasteiger partial charge in [-0.2, -0.15) is 0 Å². The highest BCUT2D eigenvalue weighted by Gasteiger charge is 2.45. The molecule has 0 radical (unpaired) electrons. The predicted octanol–water partition coefficient (Wildman–Crippen LogP) is 1.85. The zero-order chi connectivity index (χ0) is 17.9. The highest BCUT2D eigenvalue weighted by Crippen LogP contribution is 2.35. The molecule has 1 aromatic carbocycles. The van der Waals surface area contributed by atoms with Crippen LogP contribution >= 0.6 is 0 Å². The number of hydrogen-bond donors (Lipinski definition) is 1. The number of piperidine rings is 1. The molecule has 0 spiro atoms. The lowest BCUT2D eigenvalue weighted by atomic mass is 10.0. The minimum Gasteiger partial charge on any atom is -0.338 e. The number of rotatable bonds is 2. The Kier molecular flexibility index (Phi) is 3.49. The number of hydrogen-bond acceptors (Lipinski definition) is 3. The molecule has 2 heterocycles. The maximum absolute atomic E-state index is 14.1. The lowest BCUT2D eigenvalue weighted by Gasteiger charge is -2.26. The summed E-state index contributed by atoms with van der Waals surface area (Å²) in [4.78, 5) is 40.7. The SMILES string of the molecule is Cc1c(CC(=O)N2CC3CC2CC3=O)c(=O)[nH]c2ccc(F)c(F)c12. The summed E-state index contributed by atoms with van der Waals surface area (Å²) in [6, 6.07) is 2.16. The van der Waals surface area contributed by atoms with Crippen LogP contribution in [-0.2, 0) is 16.0 Å². The average Bonchev–Trinajstić information content (AvgIpc) is 3.14. The number of likely N-dealkylation sites (tertiary alicyclic amines) is 1. The number of benzene rings is 1. The number of halogens is 2. The topological polar surface area (TPSA) is 70.2 Å². The second-order valence-electron chi connectivity index (χ2n) is 6.82. The average molecular weight is 346 g/mol. The second-order valence-corrected chi connectivity index (χ2v) is 6.82. The molecule has 1 saturated heterocycles. The van der Waals surface area contributed by atoms with Crippen LogP contribution in [-0.4, -0.2) is 34.2 Å². The fourth-order valence-corrected chi connectivity index (χ4v) is 4.05. The summed E-state index contributed by atoms with van der Waals surface area (Å²) >= 11 is 0. The Balaban J connectivity index is 1.70. The van der Waals surface area contributed by atoms with E-state index in [1.807, 2.05) is 0 Å². The van der Waals surface area contributed by atoms with E-state index in [4.69, 9.17) is 0 Å². The normalized spacial score (nSPS) is 22.2. The summed E-state index contributed by atoms with van der Waals surface area (Å²) in [6.07, 6.45) is 0.852. The summed E-state index contributed by atoms with van der Waals surface area (Å²) in [5, 5.41) is -0.0134. The van der Waals surface area contributed by atoms with Crippen molar-refractivity contribution in [2.24, 2.45) is 5.92 Å². The molecule has 4 rings (SSSR count). The van der Waals surface area contributed by atoms with E-state index in [2.05, 4.69) is 4.98 Å². The van der Waals surface area contributed by atoms with E-state index in [0.29, 0.717) is 19.4 Å². The molecule has 1 aliphatic heterocycles. The molecular formula is C18H16F2N2O3. The molecule has 1 aromatic heterocycles. The maximum Gasteiger partial charge on any atom is 0.252 e. The Morgan fingerprint density at radius 1 is 1.32 bits per heavy atom. The van der Waals surface area contributed by atoms with E-state index in [9.17, 15) is 23.2 Å². The molecule has 2 atom stereocenters. The van der Waals surface area contributed by atoms with Crippen LogP contribution < -0.4 is 5.56 Å². The van der Waals surface area contributed by atoms with Gasteiger partial charge >= 0.3 is 0 Å². The quantitative estimate of drug-likeness (QED) is 0.902. The van der Waals surface area contributed by atoms with Crippen LogP contribution in [0.1, 0.15) is 24.0 Å². The van der Waals surface area contributed by atoms with Crippen molar-refractivity contribution in [2.75, 3.05) is 6.54 Å². The van der Waals surface area contributed by atoms with E-state index in [1.165, 1.54) is 13.0 Å². The van der Waals surface area contributed by atoms with Crippen LogP contribution in [0.3, 0.4) is 0 Å². The minimum atomic E-state index is -1.04. The number of nitrogens with one attached hydrogen (secondary N) is 1. The van der Waals surface area contributed by atoms with Crippen LogP contribution in [0.2, 0.25) is 0 Å². The van der Waals surface area contributed by atoms with Gasteiger partial charge in [-0.05, 0) is 31.0 Å². The summed E-state index contributed by atoms with van der Waals surface area (Å²) < 4.78 is 27.7. The maximum atomic E-state index is 14.1. The molecule has 7 heteroatoms. The summed E-state index contributed by atoms with van der Waals surface area (Å²) in [5.74, 6) is -2.21. The molecule has 5 nitrogen and oxygen atoms in total. The van der Waals surface area contributed by atoms with Crippen LogP contribution in [0.15, 0.2) is 16.9 Å². The number of Topliss-reactive ketones (excluding diaryl/α,β-unsaturated/α-hetero) is 1. The third-order valence-electron chi connectivity index (χ3n) is 5.40. The van der Waals surface area contributed by atoms with E-state index in [1.54, 1.807) is 4.90 Å². The highest BCUT2D eigenvalue weighted by molar-refractivity contribution is 5.90. The highest BCUT2D eigenvalue weighted by atomic mass is 19.2. The van der Waals surface area contributed by atoms with Crippen LogP contribution in [0, 0.1) is 24.5 Å². The van der Waals surface area contributed by atoms with Gasteiger partial charge < -0.3 is 9.88 Å². The van der Waals surface area contributed by atoms with Gasteiger partial charge in [0, 0.05) is 35.9 Å². The second kappa shape index (κ2) is 5.47.